The molecule has 1 aromatic heterocycles. The van der Waals surface area contributed by atoms with Crippen molar-refractivity contribution in [3.05, 3.63) is 42.1 Å². The minimum atomic E-state index is 0.114. The van der Waals surface area contributed by atoms with Gasteiger partial charge in [0.25, 0.3) is 0 Å². The maximum absolute atomic E-state index is 8.84. The van der Waals surface area contributed by atoms with Crippen molar-refractivity contribution < 1.29 is 9.47 Å². The molecule has 0 radical (unpaired) electrons. The molecule has 0 fully saturated rings. The van der Waals surface area contributed by atoms with Crippen molar-refractivity contribution in [3.8, 4) is 17.6 Å². The summed E-state index contributed by atoms with van der Waals surface area (Å²) in [6.07, 6.45) is 0. The number of rotatable bonds is 4. The van der Waals surface area contributed by atoms with E-state index >= 15 is 0 Å². The molecule has 0 aliphatic rings. The van der Waals surface area contributed by atoms with Crippen LogP contribution in [0.1, 0.15) is 5.69 Å². The molecule has 86 valence electrons. The Labute approximate surface area is 98.8 Å². The van der Waals surface area contributed by atoms with E-state index in [4.69, 9.17) is 14.7 Å². The summed E-state index contributed by atoms with van der Waals surface area (Å²) in [5, 5.41) is 13.0. The molecular weight excluding hydrogens is 218 g/mol. The predicted octanol–water partition coefficient (Wildman–Crippen LogP) is 1.73. The molecule has 0 aliphatic heterocycles. The van der Waals surface area contributed by atoms with Crippen LogP contribution < -0.4 is 4.74 Å². The second-order valence-electron chi connectivity index (χ2n) is 3.28. The lowest BCUT2D eigenvalue weighted by Gasteiger charge is -2.07. The van der Waals surface area contributed by atoms with Crippen molar-refractivity contribution in [1.29, 1.82) is 5.26 Å². The van der Waals surface area contributed by atoms with Gasteiger partial charge in [0.15, 0.2) is 12.5 Å². The summed E-state index contributed by atoms with van der Waals surface area (Å²) in [5.74, 6) is 0.481. The molecule has 0 spiro atoms. The van der Waals surface area contributed by atoms with Gasteiger partial charge in [-0.3, -0.25) is 0 Å². The normalized spacial score (nSPS) is 9.88. The number of methoxy groups -OCH3 is 1. The van der Waals surface area contributed by atoms with Crippen molar-refractivity contribution in [1.82, 2.24) is 9.78 Å². The summed E-state index contributed by atoms with van der Waals surface area (Å²) < 4.78 is 11.8. The van der Waals surface area contributed by atoms with Crippen molar-refractivity contribution in [2.75, 3.05) is 13.9 Å². The number of ether oxygens (including phenoxy) is 2. The first-order valence-corrected chi connectivity index (χ1v) is 5.02. The molecule has 2 rings (SSSR count). The van der Waals surface area contributed by atoms with Gasteiger partial charge in [-0.25, -0.2) is 0 Å². The Hall–Kier alpha value is -2.32. The Morgan fingerprint density at radius 3 is 2.76 bits per heavy atom. The van der Waals surface area contributed by atoms with E-state index in [9.17, 15) is 0 Å². The van der Waals surface area contributed by atoms with Crippen molar-refractivity contribution in [2.45, 2.75) is 0 Å². The maximum Gasteiger partial charge on any atom is 0.220 e. The van der Waals surface area contributed by atoms with Gasteiger partial charge in [-0.2, -0.15) is 15.0 Å². The van der Waals surface area contributed by atoms with E-state index in [-0.39, 0.29) is 6.79 Å². The van der Waals surface area contributed by atoms with E-state index in [0.717, 1.165) is 5.69 Å². The fraction of sp³-hybridized carbons (Fsp3) is 0.167. The molecule has 0 atom stereocenters. The third-order valence-electron chi connectivity index (χ3n) is 2.12. The summed E-state index contributed by atoms with van der Waals surface area (Å²) in [5.41, 5.74) is 1.14. The highest BCUT2D eigenvalue weighted by Gasteiger charge is 2.10. The third-order valence-corrected chi connectivity index (χ3v) is 2.12. The largest absolute Gasteiger partial charge is 0.450 e. The zero-order chi connectivity index (χ0) is 12.1. The Balaban J connectivity index is 2.38. The number of aromatic nitrogens is 2. The fourth-order valence-electron chi connectivity index (χ4n) is 1.39. The number of para-hydroxylation sites is 1. The van der Waals surface area contributed by atoms with Gasteiger partial charge >= 0.3 is 0 Å². The predicted molar refractivity (Wildman–Crippen MR) is 60.8 cm³/mol. The molecule has 17 heavy (non-hydrogen) atoms. The molecule has 0 N–H and O–H groups in total. The first-order chi connectivity index (χ1) is 8.35. The molecule has 0 aliphatic carbocycles. The van der Waals surface area contributed by atoms with Crippen molar-refractivity contribution in [2.24, 2.45) is 0 Å². The van der Waals surface area contributed by atoms with Crippen LogP contribution in [0.25, 0.3) is 5.69 Å². The summed E-state index contributed by atoms with van der Waals surface area (Å²) in [6, 6.07) is 13.0. The molecule has 0 bridgehead atoms. The molecule has 0 unspecified atom stereocenters. The molecular formula is C12H11N3O2. The van der Waals surface area contributed by atoms with Crippen LogP contribution in [0.15, 0.2) is 36.4 Å². The lowest BCUT2D eigenvalue weighted by Crippen LogP contribution is -2.05. The standard InChI is InChI=1S/C12H11N3O2/c1-16-9-17-12-7-10(8-13)14-15(12)11-5-3-2-4-6-11/h2-7H,9H2,1H3. The highest BCUT2D eigenvalue weighted by molar-refractivity contribution is 5.38. The minimum absolute atomic E-state index is 0.114. The van der Waals surface area contributed by atoms with Gasteiger partial charge in [0.1, 0.15) is 6.07 Å². The molecule has 0 amide bonds. The van der Waals surface area contributed by atoms with Crippen molar-refractivity contribution >= 4 is 0 Å². The van der Waals surface area contributed by atoms with Gasteiger partial charge in [-0.1, -0.05) is 18.2 Å². The van der Waals surface area contributed by atoms with Gasteiger partial charge in [0, 0.05) is 13.2 Å². The molecule has 5 nitrogen and oxygen atoms in total. The quantitative estimate of drug-likeness (QED) is 0.749. The zero-order valence-corrected chi connectivity index (χ0v) is 9.33. The average molecular weight is 229 g/mol. The Bertz CT molecular complexity index is 528. The Kier molecular flexibility index (Phi) is 3.38. The fourth-order valence-corrected chi connectivity index (χ4v) is 1.39. The summed E-state index contributed by atoms with van der Waals surface area (Å²) in [7, 11) is 1.54. The zero-order valence-electron chi connectivity index (χ0n) is 9.33. The number of hydrogen-bond donors (Lipinski definition) is 0. The van der Waals surface area contributed by atoms with Crippen molar-refractivity contribution in [3.63, 3.8) is 0 Å². The molecule has 0 saturated carbocycles. The molecule has 1 aromatic carbocycles. The molecule has 1 heterocycles. The lowest BCUT2D eigenvalue weighted by molar-refractivity contribution is 0.0459. The van der Waals surface area contributed by atoms with E-state index in [0.29, 0.717) is 11.6 Å². The van der Waals surface area contributed by atoms with E-state index < -0.39 is 0 Å². The van der Waals surface area contributed by atoms with Gasteiger partial charge in [0.2, 0.25) is 5.88 Å². The van der Waals surface area contributed by atoms with Crippen LogP contribution in [0, 0.1) is 11.3 Å². The van der Waals surface area contributed by atoms with Crippen LogP contribution >= 0.6 is 0 Å². The minimum Gasteiger partial charge on any atom is -0.450 e. The number of hydrogen-bond acceptors (Lipinski definition) is 4. The Morgan fingerprint density at radius 2 is 2.12 bits per heavy atom. The number of nitrogens with zero attached hydrogens (tertiary/aromatic N) is 3. The SMILES string of the molecule is COCOc1cc(C#N)nn1-c1ccccc1. The highest BCUT2D eigenvalue weighted by atomic mass is 16.7. The first kappa shape index (κ1) is 11.2. The summed E-state index contributed by atoms with van der Waals surface area (Å²) in [4.78, 5) is 0. The van der Waals surface area contributed by atoms with E-state index in [1.54, 1.807) is 10.7 Å². The average Bonchev–Trinajstić information content (AvgIpc) is 2.80. The third kappa shape index (κ3) is 2.44. The lowest BCUT2D eigenvalue weighted by atomic mass is 10.3. The summed E-state index contributed by atoms with van der Waals surface area (Å²) in [6.45, 7) is 0.114. The second kappa shape index (κ2) is 5.14. The molecule has 0 saturated heterocycles. The second-order valence-corrected chi connectivity index (χ2v) is 3.28. The molecule has 5 heteroatoms. The van der Waals surface area contributed by atoms with Crippen LogP contribution in [0.4, 0.5) is 0 Å². The maximum atomic E-state index is 8.84. The smallest absolute Gasteiger partial charge is 0.220 e. The van der Waals surface area contributed by atoms with E-state index in [2.05, 4.69) is 5.10 Å². The van der Waals surface area contributed by atoms with Crippen LogP contribution in [0.2, 0.25) is 0 Å². The van der Waals surface area contributed by atoms with Gasteiger partial charge in [-0.15, -0.1) is 0 Å². The highest BCUT2D eigenvalue weighted by Crippen LogP contribution is 2.18. The van der Waals surface area contributed by atoms with Gasteiger partial charge < -0.3 is 9.47 Å². The van der Waals surface area contributed by atoms with E-state index in [1.807, 2.05) is 36.4 Å². The number of nitriles is 1. The van der Waals surface area contributed by atoms with Crippen LogP contribution in [-0.2, 0) is 4.74 Å². The van der Waals surface area contributed by atoms with E-state index in [1.165, 1.54) is 7.11 Å². The number of benzene rings is 1. The Morgan fingerprint density at radius 1 is 1.35 bits per heavy atom. The van der Waals surface area contributed by atoms with Gasteiger partial charge in [0.05, 0.1) is 5.69 Å². The summed E-state index contributed by atoms with van der Waals surface area (Å²) >= 11 is 0. The van der Waals surface area contributed by atoms with Crippen LogP contribution in [0.5, 0.6) is 5.88 Å². The monoisotopic (exact) mass is 229 g/mol. The molecule has 2 aromatic rings. The first-order valence-electron chi connectivity index (χ1n) is 5.02. The topological polar surface area (TPSA) is 60.1 Å². The van der Waals surface area contributed by atoms with Crippen LogP contribution in [0.3, 0.4) is 0 Å². The van der Waals surface area contributed by atoms with Crippen LogP contribution in [-0.4, -0.2) is 23.7 Å². The van der Waals surface area contributed by atoms with Gasteiger partial charge in [-0.05, 0) is 12.1 Å².